The number of hydrogen-bond donors (Lipinski definition) is 2. The van der Waals surface area contributed by atoms with Crippen LogP contribution in [0, 0.1) is 17.3 Å². The van der Waals surface area contributed by atoms with E-state index in [-0.39, 0.29) is 11.8 Å². The van der Waals surface area contributed by atoms with Crippen molar-refractivity contribution >= 4 is 5.97 Å². The molecule has 3 atom stereocenters. The van der Waals surface area contributed by atoms with Gasteiger partial charge in [0.25, 0.3) is 0 Å². The van der Waals surface area contributed by atoms with Gasteiger partial charge in [-0.3, -0.25) is 4.79 Å². The van der Waals surface area contributed by atoms with Gasteiger partial charge >= 0.3 is 5.97 Å². The van der Waals surface area contributed by atoms with Crippen LogP contribution in [0.25, 0.3) is 0 Å². The van der Waals surface area contributed by atoms with E-state index in [0.29, 0.717) is 18.4 Å². The Kier molecular flexibility index (Phi) is 2.38. The molecule has 1 fully saturated rings. The molecule has 1 saturated carbocycles. The summed E-state index contributed by atoms with van der Waals surface area (Å²) in [6, 6.07) is 0. The maximum absolute atomic E-state index is 10.9. The van der Waals surface area contributed by atoms with Gasteiger partial charge in [0.1, 0.15) is 0 Å². The minimum Gasteiger partial charge on any atom is -0.481 e. The molecule has 3 N–H and O–H groups in total. The van der Waals surface area contributed by atoms with Crippen molar-refractivity contribution in [3.8, 4) is 0 Å². The second-order valence-corrected chi connectivity index (χ2v) is 5.25. The molecule has 84 valence electrons. The Bertz CT molecular complexity index is 335. The van der Waals surface area contributed by atoms with Crippen molar-refractivity contribution in [3.05, 3.63) is 11.1 Å². The van der Waals surface area contributed by atoms with E-state index >= 15 is 0 Å². The topological polar surface area (TPSA) is 63.3 Å². The molecular weight excluding hydrogens is 190 g/mol. The van der Waals surface area contributed by atoms with E-state index < -0.39 is 5.97 Å². The largest absolute Gasteiger partial charge is 0.481 e. The van der Waals surface area contributed by atoms with Gasteiger partial charge in [-0.05, 0) is 45.1 Å². The average Bonchev–Trinajstić information content (AvgIpc) is 2.35. The lowest BCUT2D eigenvalue weighted by atomic mass is 9.52. The van der Waals surface area contributed by atoms with E-state index in [0.717, 1.165) is 12.8 Å². The van der Waals surface area contributed by atoms with Crippen molar-refractivity contribution in [1.82, 2.24) is 0 Å². The molecule has 3 heteroatoms. The molecule has 2 rings (SSSR count). The van der Waals surface area contributed by atoms with Gasteiger partial charge in [-0.25, -0.2) is 0 Å². The first-order valence-electron chi connectivity index (χ1n) is 5.58. The third-order valence-electron chi connectivity index (χ3n) is 4.42. The third kappa shape index (κ3) is 1.41. The van der Waals surface area contributed by atoms with Crippen LogP contribution in [0.1, 0.15) is 33.1 Å². The lowest BCUT2D eigenvalue weighted by Crippen LogP contribution is -2.52. The van der Waals surface area contributed by atoms with Crippen LogP contribution >= 0.6 is 0 Å². The van der Waals surface area contributed by atoms with Gasteiger partial charge in [0.2, 0.25) is 0 Å². The maximum Gasteiger partial charge on any atom is 0.303 e. The fourth-order valence-electron chi connectivity index (χ4n) is 3.69. The number of carboxylic acid groups (broad SMARTS) is 1. The average molecular weight is 209 g/mol. The Balaban J connectivity index is 2.21. The molecule has 0 saturated heterocycles. The monoisotopic (exact) mass is 209 g/mol. The quantitative estimate of drug-likeness (QED) is 0.696. The van der Waals surface area contributed by atoms with Crippen molar-refractivity contribution in [2.75, 3.05) is 6.54 Å². The predicted molar refractivity (Wildman–Crippen MR) is 58.3 cm³/mol. The highest BCUT2D eigenvalue weighted by molar-refractivity contribution is 5.68. The standard InChI is InChI=1S/C12H19NO2/c1-7-3-9-4-12(6-13,5-10(14)15)11(9)8(7)2/h9,11H,3-6,13H2,1-2H3,(H,14,15)/t9-,11-,12-/m1/s1. The third-order valence-corrected chi connectivity index (χ3v) is 4.42. The number of rotatable bonds is 3. The van der Waals surface area contributed by atoms with E-state index in [1.54, 1.807) is 0 Å². The molecule has 0 heterocycles. The van der Waals surface area contributed by atoms with Crippen molar-refractivity contribution < 1.29 is 9.90 Å². The number of hydrogen-bond acceptors (Lipinski definition) is 2. The molecule has 15 heavy (non-hydrogen) atoms. The first-order chi connectivity index (χ1) is 7.00. The summed E-state index contributed by atoms with van der Waals surface area (Å²) < 4.78 is 0. The molecule has 0 unspecified atom stereocenters. The fourth-order valence-corrected chi connectivity index (χ4v) is 3.69. The number of nitrogens with two attached hydrogens (primary N) is 1. The van der Waals surface area contributed by atoms with Crippen molar-refractivity contribution in [1.29, 1.82) is 0 Å². The van der Waals surface area contributed by atoms with Crippen LogP contribution in [0.5, 0.6) is 0 Å². The molecule has 0 aliphatic heterocycles. The lowest BCUT2D eigenvalue weighted by molar-refractivity contribution is -0.144. The summed E-state index contributed by atoms with van der Waals surface area (Å²) in [4.78, 5) is 10.9. The second kappa shape index (κ2) is 3.34. The van der Waals surface area contributed by atoms with Crippen LogP contribution in [0.4, 0.5) is 0 Å². The van der Waals surface area contributed by atoms with Gasteiger partial charge < -0.3 is 10.8 Å². The van der Waals surface area contributed by atoms with E-state index in [1.165, 1.54) is 11.1 Å². The molecule has 2 aliphatic carbocycles. The number of aliphatic carboxylic acids is 1. The van der Waals surface area contributed by atoms with Gasteiger partial charge in [0, 0.05) is 5.41 Å². The minimum atomic E-state index is -0.712. The van der Waals surface area contributed by atoms with E-state index in [1.807, 2.05) is 0 Å². The highest BCUT2D eigenvalue weighted by Gasteiger charge is 2.56. The van der Waals surface area contributed by atoms with Crippen molar-refractivity contribution in [3.63, 3.8) is 0 Å². The summed E-state index contributed by atoms with van der Waals surface area (Å²) in [7, 11) is 0. The number of fused-ring (bicyclic) bond motifs is 1. The predicted octanol–water partition coefficient (Wildman–Crippen LogP) is 1.78. The van der Waals surface area contributed by atoms with Crippen LogP contribution in [0.2, 0.25) is 0 Å². The summed E-state index contributed by atoms with van der Waals surface area (Å²) in [5.41, 5.74) is 8.50. The maximum atomic E-state index is 10.9. The zero-order chi connectivity index (χ0) is 11.2. The SMILES string of the molecule is CC1=C(C)[C@@H]2[C@H](C1)C[C@]2(CN)CC(=O)O. The van der Waals surface area contributed by atoms with Gasteiger partial charge in [-0.2, -0.15) is 0 Å². The number of allylic oxidation sites excluding steroid dienone is 2. The number of carboxylic acids is 1. The van der Waals surface area contributed by atoms with Gasteiger partial charge in [0.05, 0.1) is 6.42 Å². The van der Waals surface area contributed by atoms with Gasteiger partial charge in [0.15, 0.2) is 0 Å². The molecule has 0 aromatic carbocycles. The first kappa shape index (κ1) is 10.7. The molecule has 0 bridgehead atoms. The van der Waals surface area contributed by atoms with Gasteiger partial charge in [-0.15, -0.1) is 0 Å². The summed E-state index contributed by atoms with van der Waals surface area (Å²) in [6.45, 7) is 4.81. The van der Waals surface area contributed by atoms with Crippen molar-refractivity contribution in [2.24, 2.45) is 23.0 Å². The van der Waals surface area contributed by atoms with Crippen LogP contribution in [-0.4, -0.2) is 17.6 Å². The van der Waals surface area contributed by atoms with Crippen LogP contribution in [0.3, 0.4) is 0 Å². The molecule has 0 aromatic heterocycles. The zero-order valence-corrected chi connectivity index (χ0v) is 9.42. The molecule has 0 spiro atoms. The lowest BCUT2D eigenvalue weighted by Gasteiger charge is -2.52. The molecular formula is C12H19NO2. The summed E-state index contributed by atoms with van der Waals surface area (Å²) in [5, 5.41) is 8.95. The highest BCUT2D eigenvalue weighted by atomic mass is 16.4. The van der Waals surface area contributed by atoms with E-state index in [9.17, 15) is 4.79 Å². The molecule has 0 radical (unpaired) electrons. The van der Waals surface area contributed by atoms with Crippen LogP contribution < -0.4 is 5.73 Å². The van der Waals surface area contributed by atoms with Crippen molar-refractivity contribution in [2.45, 2.75) is 33.1 Å². The fraction of sp³-hybridized carbons (Fsp3) is 0.750. The smallest absolute Gasteiger partial charge is 0.303 e. The van der Waals surface area contributed by atoms with Crippen LogP contribution in [-0.2, 0) is 4.79 Å². The van der Waals surface area contributed by atoms with Gasteiger partial charge in [-0.1, -0.05) is 11.1 Å². The van der Waals surface area contributed by atoms with Crippen LogP contribution in [0.15, 0.2) is 11.1 Å². The summed E-state index contributed by atoms with van der Waals surface area (Å²) in [5.74, 6) is 0.405. The Morgan fingerprint density at radius 3 is 2.73 bits per heavy atom. The zero-order valence-electron chi connectivity index (χ0n) is 9.42. The summed E-state index contributed by atoms with van der Waals surface area (Å²) in [6.07, 6.45) is 2.38. The van der Waals surface area contributed by atoms with E-state index in [4.69, 9.17) is 10.8 Å². The minimum absolute atomic E-state index is 0.141. The molecule has 0 amide bonds. The first-order valence-corrected chi connectivity index (χ1v) is 5.58. The Labute approximate surface area is 90.3 Å². The van der Waals surface area contributed by atoms with E-state index in [2.05, 4.69) is 13.8 Å². The normalized spacial score (nSPS) is 38.9. The Morgan fingerprint density at radius 1 is 1.60 bits per heavy atom. The second-order valence-electron chi connectivity index (χ2n) is 5.25. The Hall–Kier alpha value is -0.830. The molecule has 0 aromatic rings. The molecule has 3 nitrogen and oxygen atoms in total. The Morgan fingerprint density at radius 2 is 2.27 bits per heavy atom. The molecule has 2 aliphatic rings. The number of carbonyl (C=O) groups is 1. The highest BCUT2D eigenvalue weighted by Crippen LogP contribution is 2.62. The summed E-state index contributed by atoms with van der Waals surface area (Å²) >= 11 is 0.